The second kappa shape index (κ2) is 10.4. The number of esters is 1. The lowest BCUT2D eigenvalue weighted by Gasteiger charge is -2.35. The normalized spacial score (nSPS) is 16.7. The molecule has 0 atom stereocenters. The predicted octanol–water partition coefficient (Wildman–Crippen LogP) is 2.89. The standard InChI is InChI=1S/C24H29N5O5S/c1-3-25-23(33)27-20-19(15-7-5-6-8-16(15)35-20)21(31)29-13-11-24(12-14-29)22(32)26-17(28-24)9-10-18(30)34-4-2/h5-8H,3-4,9-14H2,1-2H3,(H2,25,27,33)(H,26,28,32). The van der Waals surface area contributed by atoms with Gasteiger partial charge in [0.05, 0.1) is 18.6 Å². The molecular weight excluding hydrogens is 470 g/mol. The van der Waals surface area contributed by atoms with Gasteiger partial charge in [0.2, 0.25) is 0 Å². The van der Waals surface area contributed by atoms with Crippen LogP contribution in [0.4, 0.5) is 9.80 Å². The first-order valence-electron chi connectivity index (χ1n) is 11.8. The molecule has 10 nitrogen and oxygen atoms in total. The smallest absolute Gasteiger partial charge is 0.319 e. The van der Waals surface area contributed by atoms with Crippen LogP contribution in [0.25, 0.3) is 10.1 Å². The second-order valence-electron chi connectivity index (χ2n) is 8.43. The van der Waals surface area contributed by atoms with E-state index in [0.717, 1.165) is 10.1 Å². The molecule has 3 N–H and O–H groups in total. The van der Waals surface area contributed by atoms with Crippen LogP contribution in [0.5, 0.6) is 0 Å². The molecule has 4 rings (SSSR count). The van der Waals surface area contributed by atoms with Gasteiger partial charge >= 0.3 is 12.0 Å². The zero-order chi connectivity index (χ0) is 25.0. The Balaban J connectivity index is 1.48. The number of nitrogens with one attached hydrogen (secondary N) is 3. The largest absolute Gasteiger partial charge is 0.466 e. The van der Waals surface area contributed by atoms with E-state index in [9.17, 15) is 19.2 Å². The monoisotopic (exact) mass is 499 g/mol. The highest BCUT2D eigenvalue weighted by Crippen LogP contribution is 2.38. The van der Waals surface area contributed by atoms with Gasteiger partial charge in [-0.15, -0.1) is 11.3 Å². The Bertz CT molecular complexity index is 1180. The first kappa shape index (κ1) is 24.6. The third-order valence-electron chi connectivity index (χ3n) is 6.15. The van der Waals surface area contributed by atoms with E-state index in [4.69, 9.17) is 4.74 Å². The molecule has 2 aromatic rings. The average molecular weight is 500 g/mol. The molecule has 0 aliphatic carbocycles. The number of carbonyl (C=O) groups is 4. The van der Waals surface area contributed by atoms with Gasteiger partial charge in [-0.1, -0.05) is 18.2 Å². The van der Waals surface area contributed by atoms with Crippen LogP contribution in [0.1, 0.15) is 49.9 Å². The summed E-state index contributed by atoms with van der Waals surface area (Å²) >= 11 is 1.36. The number of nitrogens with zero attached hydrogens (tertiary/aromatic N) is 2. The number of likely N-dealkylation sites (tertiary alicyclic amines) is 1. The SMILES string of the molecule is CCNC(=O)Nc1sc2ccccc2c1C(=O)N1CCC2(CC1)N=C(CCC(=O)OCC)NC2=O. The predicted molar refractivity (Wildman–Crippen MR) is 134 cm³/mol. The minimum atomic E-state index is -0.917. The van der Waals surface area contributed by atoms with Gasteiger partial charge in [-0.05, 0) is 32.8 Å². The van der Waals surface area contributed by atoms with Gasteiger partial charge in [0.15, 0.2) is 0 Å². The highest BCUT2D eigenvalue weighted by atomic mass is 32.1. The fourth-order valence-corrected chi connectivity index (χ4v) is 5.48. The van der Waals surface area contributed by atoms with E-state index in [-0.39, 0.29) is 30.2 Å². The zero-order valence-electron chi connectivity index (χ0n) is 19.8. The van der Waals surface area contributed by atoms with Crippen molar-refractivity contribution in [3.05, 3.63) is 29.8 Å². The van der Waals surface area contributed by atoms with Gasteiger partial charge < -0.3 is 20.3 Å². The fraction of sp³-hybridized carbons (Fsp3) is 0.458. The average Bonchev–Trinajstić information content (AvgIpc) is 3.35. The van der Waals surface area contributed by atoms with Crippen molar-refractivity contribution >= 4 is 56.1 Å². The summed E-state index contributed by atoms with van der Waals surface area (Å²) in [5.74, 6) is -0.219. The van der Waals surface area contributed by atoms with E-state index in [1.165, 1.54) is 11.3 Å². The number of hydrogen-bond donors (Lipinski definition) is 3. The van der Waals surface area contributed by atoms with Crippen LogP contribution >= 0.6 is 11.3 Å². The van der Waals surface area contributed by atoms with Gasteiger partial charge in [0, 0.05) is 36.1 Å². The third-order valence-corrected chi connectivity index (χ3v) is 7.24. The highest BCUT2D eigenvalue weighted by molar-refractivity contribution is 7.23. The number of rotatable bonds is 7. The molecule has 0 radical (unpaired) electrons. The number of amidine groups is 1. The van der Waals surface area contributed by atoms with Crippen LogP contribution < -0.4 is 16.0 Å². The van der Waals surface area contributed by atoms with Gasteiger partial charge in [0.25, 0.3) is 11.8 Å². The Hall–Kier alpha value is -3.47. The number of fused-ring (bicyclic) bond motifs is 1. The third kappa shape index (κ3) is 5.14. The molecule has 11 heteroatoms. The molecule has 0 bridgehead atoms. The molecular formula is C24H29N5O5S. The number of benzene rings is 1. The highest BCUT2D eigenvalue weighted by Gasteiger charge is 2.46. The lowest BCUT2D eigenvalue weighted by Crippen LogP contribution is -2.50. The molecule has 0 unspecified atom stereocenters. The van der Waals surface area contributed by atoms with Crippen LogP contribution in [0.2, 0.25) is 0 Å². The van der Waals surface area contributed by atoms with E-state index in [0.29, 0.717) is 61.9 Å². The Morgan fingerprint density at radius 3 is 2.66 bits per heavy atom. The summed E-state index contributed by atoms with van der Waals surface area (Å²) in [7, 11) is 0. The maximum Gasteiger partial charge on any atom is 0.319 e. The minimum absolute atomic E-state index is 0.153. The minimum Gasteiger partial charge on any atom is -0.466 e. The maximum atomic E-state index is 13.6. The van der Waals surface area contributed by atoms with Crippen molar-refractivity contribution in [1.82, 2.24) is 15.5 Å². The number of amides is 4. The van der Waals surface area contributed by atoms with Crippen molar-refractivity contribution in [3.63, 3.8) is 0 Å². The Kier molecular flexibility index (Phi) is 7.34. The van der Waals surface area contributed by atoms with Gasteiger partial charge in [-0.3, -0.25) is 24.7 Å². The molecule has 3 heterocycles. The number of ether oxygens (including phenoxy) is 1. The van der Waals surface area contributed by atoms with E-state index in [2.05, 4.69) is 20.9 Å². The number of piperidine rings is 1. The second-order valence-corrected chi connectivity index (χ2v) is 9.48. The number of aliphatic imine (C=N–C) groups is 1. The quantitative estimate of drug-likeness (QED) is 0.505. The zero-order valence-corrected chi connectivity index (χ0v) is 20.6. The van der Waals surface area contributed by atoms with Crippen molar-refractivity contribution < 1.29 is 23.9 Å². The van der Waals surface area contributed by atoms with Gasteiger partial charge in [-0.25, -0.2) is 4.79 Å². The molecule has 4 amide bonds. The van der Waals surface area contributed by atoms with Crippen molar-refractivity contribution in [1.29, 1.82) is 0 Å². The summed E-state index contributed by atoms with van der Waals surface area (Å²) in [5, 5.41) is 9.59. The van der Waals surface area contributed by atoms with Crippen LogP contribution in [0.3, 0.4) is 0 Å². The van der Waals surface area contributed by atoms with E-state index in [1.807, 2.05) is 31.2 Å². The van der Waals surface area contributed by atoms with Crippen molar-refractivity contribution in [2.75, 3.05) is 31.6 Å². The number of anilines is 1. The number of hydrogen-bond acceptors (Lipinski definition) is 7. The Morgan fingerprint density at radius 2 is 1.94 bits per heavy atom. The molecule has 2 aliphatic heterocycles. The summed E-state index contributed by atoms with van der Waals surface area (Å²) in [5.41, 5.74) is -0.457. The van der Waals surface area contributed by atoms with E-state index >= 15 is 0 Å². The molecule has 0 saturated carbocycles. The molecule has 1 fully saturated rings. The van der Waals surface area contributed by atoms with Crippen molar-refractivity contribution in [2.45, 2.75) is 45.1 Å². The number of urea groups is 1. The molecule has 186 valence electrons. The van der Waals surface area contributed by atoms with Gasteiger partial charge in [-0.2, -0.15) is 0 Å². The summed E-state index contributed by atoms with van der Waals surface area (Å²) < 4.78 is 5.84. The lowest BCUT2D eigenvalue weighted by molar-refractivity contribution is -0.143. The van der Waals surface area contributed by atoms with Crippen molar-refractivity contribution in [2.24, 2.45) is 4.99 Å². The number of carbonyl (C=O) groups excluding carboxylic acids is 4. The molecule has 1 spiro atoms. The van der Waals surface area contributed by atoms with Crippen LogP contribution in [-0.2, 0) is 14.3 Å². The fourth-order valence-electron chi connectivity index (χ4n) is 4.39. The van der Waals surface area contributed by atoms with Gasteiger partial charge in [0.1, 0.15) is 16.4 Å². The maximum absolute atomic E-state index is 13.6. The first-order valence-corrected chi connectivity index (χ1v) is 12.6. The summed E-state index contributed by atoms with van der Waals surface area (Å²) in [6.45, 7) is 5.06. The molecule has 1 aromatic carbocycles. The summed E-state index contributed by atoms with van der Waals surface area (Å²) in [6.07, 6.45) is 1.23. The molecule has 1 saturated heterocycles. The first-order chi connectivity index (χ1) is 16.9. The van der Waals surface area contributed by atoms with Crippen LogP contribution in [0.15, 0.2) is 29.3 Å². The molecule has 35 heavy (non-hydrogen) atoms. The Labute approximate surface area is 207 Å². The summed E-state index contributed by atoms with van der Waals surface area (Å²) in [6, 6.07) is 7.18. The molecule has 2 aliphatic rings. The number of thiophene rings is 1. The van der Waals surface area contributed by atoms with E-state index < -0.39 is 5.54 Å². The lowest BCUT2D eigenvalue weighted by atomic mass is 9.87. The summed E-state index contributed by atoms with van der Waals surface area (Å²) in [4.78, 5) is 56.5. The molecule has 1 aromatic heterocycles. The Morgan fingerprint density at radius 1 is 1.20 bits per heavy atom. The van der Waals surface area contributed by atoms with Crippen molar-refractivity contribution in [3.8, 4) is 0 Å². The van der Waals surface area contributed by atoms with E-state index in [1.54, 1.807) is 11.8 Å². The van der Waals surface area contributed by atoms with Crippen LogP contribution in [-0.4, -0.2) is 66.3 Å². The van der Waals surface area contributed by atoms with Crippen LogP contribution in [0, 0.1) is 0 Å². The topological polar surface area (TPSA) is 129 Å².